The average Bonchev–Trinajstić information content (AvgIpc) is 2.28. The van der Waals surface area contributed by atoms with Gasteiger partial charge in [-0.1, -0.05) is 6.07 Å². The maximum Gasteiger partial charge on any atom is 0.226 e. The predicted octanol–water partition coefficient (Wildman–Crippen LogP) is 1.79. The van der Waals surface area contributed by atoms with Gasteiger partial charge in [0.05, 0.1) is 19.2 Å². The van der Waals surface area contributed by atoms with E-state index in [9.17, 15) is 4.79 Å². The number of anilines is 1. The molecule has 0 spiro atoms. The van der Waals surface area contributed by atoms with Crippen molar-refractivity contribution < 1.29 is 9.53 Å². The summed E-state index contributed by atoms with van der Waals surface area (Å²) >= 11 is 0. The summed E-state index contributed by atoms with van der Waals surface area (Å²) in [7, 11) is 6.96. The molecule has 1 aromatic rings. The third kappa shape index (κ3) is 4.15. The Morgan fingerprint density at radius 2 is 2.06 bits per heavy atom. The Morgan fingerprint density at radius 3 is 2.53 bits per heavy atom. The van der Waals surface area contributed by atoms with Crippen molar-refractivity contribution in [2.45, 2.75) is 6.42 Å². The van der Waals surface area contributed by atoms with Gasteiger partial charge in [0.15, 0.2) is 0 Å². The summed E-state index contributed by atoms with van der Waals surface area (Å²) in [6, 6.07) is 5.72. The van der Waals surface area contributed by atoms with E-state index >= 15 is 0 Å². The molecule has 0 bridgehead atoms. The fourth-order valence-corrected chi connectivity index (χ4v) is 1.38. The lowest BCUT2D eigenvalue weighted by molar-refractivity contribution is -0.127. The molecule has 1 aromatic carbocycles. The number of nitrogens with zero attached hydrogens (tertiary/aromatic N) is 1. The van der Waals surface area contributed by atoms with Crippen LogP contribution >= 0.6 is 12.4 Å². The van der Waals surface area contributed by atoms with E-state index in [2.05, 4.69) is 5.32 Å². The average molecular weight is 259 g/mol. The highest BCUT2D eigenvalue weighted by atomic mass is 35.5. The maximum atomic E-state index is 11.5. The second kappa shape index (κ2) is 7.01. The zero-order valence-electron chi connectivity index (χ0n) is 10.6. The summed E-state index contributed by atoms with van der Waals surface area (Å²) in [6.07, 6.45) is 0.396. The molecule has 0 aliphatic carbocycles. The molecule has 5 heteroatoms. The molecule has 0 unspecified atom stereocenters. The Bertz CT molecular complexity index is 381. The van der Waals surface area contributed by atoms with E-state index in [1.807, 2.05) is 25.2 Å². The zero-order chi connectivity index (χ0) is 12.1. The van der Waals surface area contributed by atoms with Crippen molar-refractivity contribution in [2.75, 3.05) is 33.6 Å². The van der Waals surface area contributed by atoms with Gasteiger partial charge in [-0.2, -0.15) is 0 Å². The second-order valence-electron chi connectivity index (χ2n) is 3.75. The van der Waals surface area contributed by atoms with Gasteiger partial charge in [-0.25, -0.2) is 0 Å². The first-order chi connectivity index (χ1) is 7.58. The van der Waals surface area contributed by atoms with E-state index in [1.54, 1.807) is 26.1 Å². The molecule has 4 nitrogen and oxygen atoms in total. The Labute approximate surface area is 108 Å². The van der Waals surface area contributed by atoms with Gasteiger partial charge in [0.2, 0.25) is 5.91 Å². The molecule has 1 N–H and O–H groups in total. The molecule has 0 heterocycles. The van der Waals surface area contributed by atoms with E-state index in [-0.39, 0.29) is 18.3 Å². The molecular weight excluding hydrogens is 240 g/mol. The Balaban J connectivity index is 0.00000256. The van der Waals surface area contributed by atoms with E-state index in [1.165, 1.54) is 0 Å². The van der Waals surface area contributed by atoms with Crippen LogP contribution in [0.1, 0.15) is 5.56 Å². The van der Waals surface area contributed by atoms with Crippen LogP contribution in [-0.2, 0) is 11.2 Å². The third-order valence-corrected chi connectivity index (χ3v) is 2.39. The summed E-state index contributed by atoms with van der Waals surface area (Å²) in [4.78, 5) is 13.1. The lowest BCUT2D eigenvalue weighted by atomic mass is 10.1. The van der Waals surface area contributed by atoms with Crippen molar-refractivity contribution in [2.24, 2.45) is 0 Å². The van der Waals surface area contributed by atoms with E-state index in [4.69, 9.17) is 4.74 Å². The van der Waals surface area contributed by atoms with Crippen LogP contribution in [0.4, 0.5) is 5.69 Å². The number of benzene rings is 1. The minimum absolute atomic E-state index is 0. The topological polar surface area (TPSA) is 41.6 Å². The summed E-state index contributed by atoms with van der Waals surface area (Å²) in [5.41, 5.74) is 1.87. The largest absolute Gasteiger partial charge is 0.495 e. The Kier molecular flexibility index (Phi) is 6.43. The van der Waals surface area contributed by atoms with Gasteiger partial charge in [0, 0.05) is 21.1 Å². The molecule has 0 aromatic heterocycles. The van der Waals surface area contributed by atoms with Crippen LogP contribution in [0.2, 0.25) is 0 Å². The number of hydrogen-bond donors (Lipinski definition) is 1. The van der Waals surface area contributed by atoms with Crippen LogP contribution < -0.4 is 10.1 Å². The number of likely N-dealkylation sites (N-methyl/N-ethyl adjacent to an activating group) is 1. The first-order valence-electron chi connectivity index (χ1n) is 5.13. The Hall–Kier alpha value is -1.42. The van der Waals surface area contributed by atoms with Crippen LogP contribution in [0.15, 0.2) is 18.2 Å². The molecule has 96 valence electrons. The molecule has 0 atom stereocenters. The van der Waals surface area contributed by atoms with Crippen LogP contribution in [0, 0.1) is 0 Å². The van der Waals surface area contributed by atoms with Crippen molar-refractivity contribution in [1.29, 1.82) is 0 Å². The van der Waals surface area contributed by atoms with E-state index in [0.717, 1.165) is 17.0 Å². The molecule has 0 radical (unpaired) electrons. The van der Waals surface area contributed by atoms with Crippen molar-refractivity contribution >= 4 is 24.0 Å². The normalized spacial score (nSPS) is 9.18. The number of ether oxygens (including phenoxy) is 1. The fourth-order valence-electron chi connectivity index (χ4n) is 1.38. The quantitative estimate of drug-likeness (QED) is 0.895. The minimum atomic E-state index is 0. The van der Waals surface area contributed by atoms with Crippen molar-refractivity contribution in [3.8, 4) is 5.75 Å². The van der Waals surface area contributed by atoms with E-state index in [0.29, 0.717) is 6.42 Å². The molecule has 0 saturated heterocycles. The molecule has 0 aliphatic rings. The molecule has 17 heavy (non-hydrogen) atoms. The highest BCUT2D eigenvalue weighted by molar-refractivity contribution is 5.85. The summed E-state index contributed by atoms with van der Waals surface area (Å²) in [5.74, 6) is 0.839. The first kappa shape index (κ1) is 15.6. The highest BCUT2D eigenvalue weighted by Gasteiger charge is 2.08. The van der Waals surface area contributed by atoms with Crippen LogP contribution in [0.5, 0.6) is 5.75 Å². The van der Waals surface area contributed by atoms with Gasteiger partial charge < -0.3 is 15.0 Å². The van der Waals surface area contributed by atoms with Gasteiger partial charge in [-0.05, 0) is 17.7 Å². The molecule has 0 fully saturated rings. The summed E-state index contributed by atoms with van der Waals surface area (Å²) < 4.78 is 5.23. The fraction of sp³-hybridized carbons (Fsp3) is 0.417. The summed E-state index contributed by atoms with van der Waals surface area (Å²) in [5, 5.41) is 3.03. The molecule has 0 saturated carbocycles. The van der Waals surface area contributed by atoms with Crippen molar-refractivity contribution in [1.82, 2.24) is 4.90 Å². The number of methoxy groups -OCH3 is 1. The smallest absolute Gasteiger partial charge is 0.226 e. The van der Waals surface area contributed by atoms with Crippen LogP contribution in [0.25, 0.3) is 0 Å². The van der Waals surface area contributed by atoms with Gasteiger partial charge in [-0.3, -0.25) is 4.79 Å². The number of carbonyl (C=O) groups is 1. The predicted molar refractivity (Wildman–Crippen MR) is 72.2 cm³/mol. The number of carbonyl (C=O) groups excluding carboxylic acids is 1. The molecular formula is C12H19ClN2O2. The van der Waals surface area contributed by atoms with Gasteiger partial charge in [0.1, 0.15) is 5.75 Å². The third-order valence-electron chi connectivity index (χ3n) is 2.39. The van der Waals surface area contributed by atoms with Crippen molar-refractivity contribution in [3.63, 3.8) is 0 Å². The second-order valence-corrected chi connectivity index (χ2v) is 3.75. The van der Waals surface area contributed by atoms with E-state index < -0.39 is 0 Å². The maximum absolute atomic E-state index is 11.5. The molecule has 0 aliphatic heterocycles. The van der Waals surface area contributed by atoms with Gasteiger partial charge >= 0.3 is 0 Å². The number of nitrogens with one attached hydrogen (secondary N) is 1. The number of hydrogen-bond acceptors (Lipinski definition) is 3. The lowest BCUT2D eigenvalue weighted by Crippen LogP contribution is -2.23. The molecule has 1 amide bonds. The number of rotatable bonds is 4. The SMILES string of the molecule is CNc1ccc(CC(=O)N(C)C)cc1OC.Cl. The minimum Gasteiger partial charge on any atom is -0.495 e. The standard InChI is InChI=1S/C12H18N2O2.ClH/c1-13-10-6-5-9(7-11(10)16-4)8-12(15)14(2)3;/h5-7,13H,8H2,1-4H3;1H. The first-order valence-corrected chi connectivity index (χ1v) is 5.13. The van der Waals surface area contributed by atoms with Crippen LogP contribution in [0.3, 0.4) is 0 Å². The number of amides is 1. The van der Waals surface area contributed by atoms with Gasteiger partial charge in [0.25, 0.3) is 0 Å². The van der Waals surface area contributed by atoms with Crippen LogP contribution in [-0.4, -0.2) is 39.1 Å². The number of halogens is 1. The van der Waals surface area contributed by atoms with Gasteiger partial charge in [-0.15, -0.1) is 12.4 Å². The monoisotopic (exact) mass is 258 g/mol. The van der Waals surface area contributed by atoms with Crippen molar-refractivity contribution in [3.05, 3.63) is 23.8 Å². The molecule has 1 rings (SSSR count). The highest BCUT2D eigenvalue weighted by Crippen LogP contribution is 2.25. The lowest BCUT2D eigenvalue weighted by Gasteiger charge is -2.12. The zero-order valence-corrected chi connectivity index (χ0v) is 11.4. The summed E-state index contributed by atoms with van der Waals surface area (Å²) in [6.45, 7) is 0. The Morgan fingerprint density at radius 1 is 1.41 bits per heavy atom.